The Kier molecular flexibility index (Phi) is 6.62. The van der Waals surface area contributed by atoms with Crippen LogP contribution in [-0.2, 0) is 22.4 Å². The van der Waals surface area contributed by atoms with Gasteiger partial charge in [-0.2, -0.15) is 0 Å². The molecule has 22 heavy (non-hydrogen) atoms. The number of esters is 1. The summed E-state index contributed by atoms with van der Waals surface area (Å²) >= 11 is 0. The van der Waals surface area contributed by atoms with E-state index < -0.39 is 12.3 Å². The summed E-state index contributed by atoms with van der Waals surface area (Å²) in [5.74, 6) is -0.462. The predicted octanol–water partition coefficient (Wildman–Crippen LogP) is 4.48. The molecule has 0 spiro atoms. The van der Waals surface area contributed by atoms with Crippen LogP contribution in [-0.4, -0.2) is 12.3 Å². The first-order valence-electron chi connectivity index (χ1n) is 7.65. The van der Waals surface area contributed by atoms with Crippen LogP contribution < -0.4 is 0 Å². The fourth-order valence-corrected chi connectivity index (χ4v) is 2.27. The Bertz CT molecular complexity index is 554. The number of hydrogen-bond donors (Lipinski definition) is 0. The molecular formula is C19H21FO2. The molecule has 0 heterocycles. The van der Waals surface area contributed by atoms with Gasteiger partial charge in [0, 0.05) is 12.8 Å². The molecule has 0 amide bonds. The third-order valence-corrected chi connectivity index (χ3v) is 3.45. The highest BCUT2D eigenvalue weighted by molar-refractivity contribution is 5.69. The van der Waals surface area contributed by atoms with Gasteiger partial charge in [0.15, 0.2) is 0 Å². The van der Waals surface area contributed by atoms with Crippen LogP contribution in [0.5, 0.6) is 0 Å². The molecule has 0 aliphatic heterocycles. The van der Waals surface area contributed by atoms with Gasteiger partial charge in [0.25, 0.3) is 0 Å². The minimum Gasteiger partial charge on any atom is -0.431 e. The van der Waals surface area contributed by atoms with Crippen molar-refractivity contribution in [3.8, 4) is 0 Å². The smallest absolute Gasteiger partial charge is 0.308 e. The molecule has 2 aromatic rings. The van der Waals surface area contributed by atoms with Crippen molar-refractivity contribution in [2.24, 2.45) is 0 Å². The van der Waals surface area contributed by atoms with Crippen LogP contribution in [0.2, 0.25) is 0 Å². The monoisotopic (exact) mass is 300 g/mol. The summed E-state index contributed by atoms with van der Waals surface area (Å²) in [7, 11) is 0. The number of aryl methyl sites for hydroxylation is 2. The Balaban J connectivity index is 1.62. The molecule has 0 radical (unpaired) electrons. The van der Waals surface area contributed by atoms with Crippen molar-refractivity contribution in [1.29, 1.82) is 0 Å². The molecule has 0 saturated carbocycles. The maximum absolute atomic E-state index is 13.6. The van der Waals surface area contributed by atoms with Crippen molar-refractivity contribution in [3.63, 3.8) is 0 Å². The van der Waals surface area contributed by atoms with Crippen molar-refractivity contribution in [3.05, 3.63) is 71.8 Å². The molecule has 0 aliphatic carbocycles. The van der Waals surface area contributed by atoms with Crippen LogP contribution in [0.1, 0.15) is 30.4 Å². The van der Waals surface area contributed by atoms with E-state index >= 15 is 0 Å². The minimum absolute atomic E-state index is 0.203. The van der Waals surface area contributed by atoms with E-state index in [4.69, 9.17) is 4.74 Å². The number of alkyl halides is 1. The van der Waals surface area contributed by atoms with Gasteiger partial charge in [0.2, 0.25) is 6.36 Å². The van der Waals surface area contributed by atoms with Gasteiger partial charge < -0.3 is 4.74 Å². The fraction of sp³-hybridized carbons (Fsp3) is 0.316. The third-order valence-electron chi connectivity index (χ3n) is 3.45. The number of halogens is 1. The van der Waals surface area contributed by atoms with Crippen molar-refractivity contribution in [2.45, 2.75) is 38.5 Å². The number of carbonyl (C=O) groups excluding carboxylic acids is 1. The van der Waals surface area contributed by atoms with Crippen molar-refractivity contribution >= 4 is 5.97 Å². The summed E-state index contributed by atoms with van der Waals surface area (Å²) in [5, 5.41) is 0. The van der Waals surface area contributed by atoms with E-state index in [1.807, 2.05) is 60.7 Å². The van der Waals surface area contributed by atoms with Gasteiger partial charge in [0.05, 0.1) is 0 Å². The molecule has 2 nitrogen and oxygen atoms in total. The van der Waals surface area contributed by atoms with Gasteiger partial charge >= 0.3 is 5.97 Å². The second kappa shape index (κ2) is 8.98. The average Bonchev–Trinajstić information content (AvgIpc) is 2.55. The van der Waals surface area contributed by atoms with Crippen LogP contribution in [0.4, 0.5) is 4.39 Å². The first-order chi connectivity index (χ1) is 10.7. The van der Waals surface area contributed by atoms with Crippen molar-refractivity contribution < 1.29 is 13.9 Å². The van der Waals surface area contributed by atoms with E-state index in [0.717, 1.165) is 12.0 Å². The first kappa shape index (κ1) is 16.2. The van der Waals surface area contributed by atoms with Crippen LogP contribution in [0.3, 0.4) is 0 Å². The number of ether oxygens (including phenoxy) is 1. The summed E-state index contributed by atoms with van der Waals surface area (Å²) in [6.07, 6.45) is 0.976. The summed E-state index contributed by atoms with van der Waals surface area (Å²) in [6.45, 7) is 0. The lowest BCUT2D eigenvalue weighted by Crippen LogP contribution is -2.14. The highest BCUT2D eigenvalue weighted by Crippen LogP contribution is 2.11. The molecule has 0 saturated heterocycles. The maximum atomic E-state index is 13.6. The van der Waals surface area contributed by atoms with Crippen LogP contribution >= 0.6 is 0 Å². The zero-order chi connectivity index (χ0) is 15.6. The van der Waals surface area contributed by atoms with E-state index in [2.05, 4.69) is 0 Å². The van der Waals surface area contributed by atoms with Crippen molar-refractivity contribution in [1.82, 2.24) is 0 Å². The summed E-state index contributed by atoms with van der Waals surface area (Å²) in [6, 6.07) is 19.6. The third kappa shape index (κ3) is 6.08. The van der Waals surface area contributed by atoms with Gasteiger partial charge in [-0.15, -0.1) is 0 Å². The van der Waals surface area contributed by atoms with E-state index in [1.165, 1.54) is 5.56 Å². The Hall–Kier alpha value is -2.16. The van der Waals surface area contributed by atoms with Gasteiger partial charge in [-0.25, -0.2) is 4.39 Å². The summed E-state index contributed by atoms with van der Waals surface area (Å²) in [5.41, 5.74) is 2.22. The van der Waals surface area contributed by atoms with Crippen LogP contribution in [0.25, 0.3) is 0 Å². The molecule has 3 heteroatoms. The molecule has 0 N–H and O–H groups in total. The Labute approximate surface area is 130 Å². The number of benzene rings is 2. The molecule has 2 rings (SSSR count). The lowest BCUT2D eigenvalue weighted by Gasteiger charge is -2.10. The van der Waals surface area contributed by atoms with Gasteiger partial charge in [-0.05, 0) is 30.4 Å². The molecule has 0 aliphatic rings. The summed E-state index contributed by atoms with van der Waals surface area (Å²) in [4.78, 5) is 11.6. The largest absolute Gasteiger partial charge is 0.431 e. The molecule has 1 unspecified atom stereocenters. The highest BCUT2D eigenvalue weighted by atomic mass is 19.1. The van der Waals surface area contributed by atoms with Crippen molar-refractivity contribution in [2.75, 3.05) is 0 Å². The number of hydrogen-bond acceptors (Lipinski definition) is 2. The predicted molar refractivity (Wildman–Crippen MR) is 85.1 cm³/mol. The molecular weight excluding hydrogens is 279 g/mol. The SMILES string of the molecule is O=C(CCCc1ccccc1)OC(F)CCc1ccccc1. The lowest BCUT2D eigenvalue weighted by atomic mass is 10.1. The van der Waals surface area contributed by atoms with E-state index in [1.54, 1.807) is 0 Å². The lowest BCUT2D eigenvalue weighted by molar-refractivity contribution is -0.158. The Morgan fingerprint density at radius 1 is 0.909 bits per heavy atom. The molecule has 0 aromatic heterocycles. The topological polar surface area (TPSA) is 26.3 Å². The van der Waals surface area contributed by atoms with E-state index in [9.17, 15) is 9.18 Å². The van der Waals surface area contributed by atoms with E-state index in [-0.39, 0.29) is 12.8 Å². The highest BCUT2D eigenvalue weighted by Gasteiger charge is 2.12. The quantitative estimate of drug-likeness (QED) is 0.672. The minimum atomic E-state index is -1.52. The number of rotatable bonds is 8. The van der Waals surface area contributed by atoms with Crippen LogP contribution in [0, 0.1) is 0 Å². The van der Waals surface area contributed by atoms with E-state index in [0.29, 0.717) is 12.8 Å². The van der Waals surface area contributed by atoms with Gasteiger partial charge in [-0.1, -0.05) is 60.7 Å². The average molecular weight is 300 g/mol. The second-order valence-electron chi connectivity index (χ2n) is 5.26. The molecule has 0 fully saturated rings. The molecule has 0 bridgehead atoms. The molecule has 2 aromatic carbocycles. The van der Waals surface area contributed by atoms with Crippen LogP contribution in [0.15, 0.2) is 60.7 Å². The molecule has 116 valence electrons. The van der Waals surface area contributed by atoms with Gasteiger partial charge in [0.1, 0.15) is 0 Å². The maximum Gasteiger partial charge on any atom is 0.308 e. The molecule has 1 atom stereocenters. The Morgan fingerprint density at radius 2 is 1.45 bits per heavy atom. The zero-order valence-corrected chi connectivity index (χ0v) is 12.6. The zero-order valence-electron chi connectivity index (χ0n) is 12.6. The second-order valence-corrected chi connectivity index (χ2v) is 5.26. The number of carbonyl (C=O) groups is 1. The van der Waals surface area contributed by atoms with Gasteiger partial charge in [-0.3, -0.25) is 4.79 Å². The Morgan fingerprint density at radius 3 is 2.05 bits per heavy atom. The fourth-order valence-electron chi connectivity index (χ4n) is 2.27. The standard InChI is InChI=1S/C19H21FO2/c20-18(15-14-17-10-5-2-6-11-17)22-19(21)13-7-12-16-8-3-1-4-9-16/h1-6,8-11,18H,7,12-15H2. The summed E-state index contributed by atoms with van der Waals surface area (Å²) < 4.78 is 18.5. The first-order valence-corrected chi connectivity index (χ1v) is 7.65. The normalized spacial score (nSPS) is 11.9.